The van der Waals surface area contributed by atoms with Gasteiger partial charge in [-0.2, -0.15) is 0 Å². The van der Waals surface area contributed by atoms with E-state index in [0.717, 1.165) is 5.56 Å². The lowest BCUT2D eigenvalue weighted by molar-refractivity contribution is -0.385. The molecule has 2 rings (SSSR count). The van der Waals surface area contributed by atoms with E-state index in [4.69, 9.17) is 0 Å². The van der Waals surface area contributed by atoms with Crippen LogP contribution in [0.25, 0.3) is 0 Å². The van der Waals surface area contributed by atoms with Crippen molar-refractivity contribution in [2.45, 2.75) is 19.4 Å². The quantitative estimate of drug-likeness (QED) is 0.176. The van der Waals surface area contributed by atoms with Gasteiger partial charge in [0.25, 0.3) is 5.69 Å². The van der Waals surface area contributed by atoms with Gasteiger partial charge in [0.15, 0.2) is 5.96 Å². The lowest BCUT2D eigenvalue weighted by Crippen LogP contribution is -2.39. The summed E-state index contributed by atoms with van der Waals surface area (Å²) in [5.74, 6) is 0.492. The van der Waals surface area contributed by atoms with Gasteiger partial charge in [-0.3, -0.25) is 10.1 Å². The number of benzene rings is 2. The third kappa shape index (κ3) is 7.14. The zero-order chi connectivity index (χ0) is 18.8. The molecule has 0 aliphatic rings. The summed E-state index contributed by atoms with van der Waals surface area (Å²) in [6.45, 7) is 3.33. The van der Waals surface area contributed by atoms with E-state index >= 15 is 0 Å². The van der Waals surface area contributed by atoms with Crippen molar-refractivity contribution in [3.8, 4) is 0 Å². The second-order valence-electron chi connectivity index (χ2n) is 5.75. The van der Waals surface area contributed by atoms with Crippen LogP contribution in [0.4, 0.5) is 5.69 Å². The summed E-state index contributed by atoms with van der Waals surface area (Å²) in [6, 6.07) is 16.3. The summed E-state index contributed by atoms with van der Waals surface area (Å²) in [7, 11) is 0. The van der Waals surface area contributed by atoms with Crippen molar-refractivity contribution in [3.05, 3.63) is 75.8 Å². The van der Waals surface area contributed by atoms with Crippen molar-refractivity contribution in [2.24, 2.45) is 4.99 Å². The number of hydrogen-bond donors (Lipinski definition) is 3. The smallest absolute Gasteiger partial charge is 0.274 e. The van der Waals surface area contributed by atoms with Gasteiger partial charge >= 0.3 is 0 Å². The number of guanidine groups is 1. The number of nitrogens with one attached hydrogen (secondary N) is 2. The molecule has 27 heavy (non-hydrogen) atoms. The number of nitrogens with zero attached hydrogens (tertiary/aromatic N) is 2. The van der Waals surface area contributed by atoms with Gasteiger partial charge in [-0.15, -0.1) is 24.0 Å². The summed E-state index contributed by atoms with van der Waals surface area (Å²) in [5, 5.41) is 27.1. The van der Waals surface area contributed by atoms with E-state index in [0.29, 0.717) is 24.6 Å². The maximum Gasteiger partial charge on any atom is 0.274 e. The molecule has 0 fully saturated rings. The number of rotatable bonds is 8. The van der Waals surface area contributed by atoms with Crippen LogP contribution in [-0.4, -0.2) is 35.7 Å². The number of para-hydroxylation sites is 1. The fraction of sp³-hybridized carbons (Fsp3) is 0.316. The van der Waals surface area contributed by atoms with Crippen molar-refractivity contribution in [1.82, 2.24) is 10.6 Å². The molecule has 7 nitrogen and oxygen atoms in total. The fourth-order valence-electron chi connectivity index (χ4n) is 2.56. The number of aliphatic imine (C=N–C) groups is 1. The van der Waals surface area contributed by atoms with Crippen LogP contribution in [0.15, 0.2) is 59.6 Å². The molecule has 0 spiro atoms. The Morgan fingerprint density at radius 2 is 1.81 bits per heavy atom. The maximum absolute atomic E-state index is 11.1. The zero-order valence-corrected chi connectivity index (χ0v) is 17.5. The lowest BCUT2D eigenvalue weighted by Gasteiger charge is -2.18. The monoisotopic (exact) mass is 484 g/mol. The topological polar surface area (TPSA) is 99.8 Å². The Kier molecular flexibility index (Phi) is 10.3. The van der Waals surface area contributed by atoms with Gasteiger partial charge in [-0.05, 0) is 12.5 Å². The largest absolute Gasteiger partial charge is 0.396 e. The first-order valence-electron chi connectivity index (χ1n) is 8.56. The molecule has 0 amide bonds. The van der Waals surface area contributed by atoms with E-state index in [1.54, 1.807) is 18.2 Å². The standard InChI is InChI=1S/C19H24N4O3.HI/c1-2-20-19(21-12-16-10-6-7-11-18(16)23(25)26)22-13-17(14-24)15-8-4-3-5-9-15;/h3-11,17,24H,2,12-14H2,1H3,(H2,20,21,22);1H. The number of nitro benzene ring substituents is 1. The molecule has 0 radical (unpaired) electrons. The molecule has 0 heterocycles. The molecule has 1 atom stereocenters. The summed E-state index contributed by atoms with van der Waals surface area (Å²) in [4.78, 5) is 15.1. The van der Waals surface area contributed by atoms with E-state index in [-0.39, 0.29) is 48.7 Å². The van der Waals surface area contributed by atoms with E-state index in [1.807, 2.05) is 37.3 Å². The first-order chi connectivity index (χ1) is 12.7. The molecule has 3 N–H and O–H groups in total. The number of aliphatic hydroxyl groups is 1. The van der Waals surface area contributed by atoms with E-state index in [2.05, 4.69) is 15.6 Å². The first-order valence-corrected chi connectivity index (χ1v) is 8.56. The van der Waals surface area contributed by atoms with Crippen molar-refractivity contribution in [2.75, 3.05) is 19.7 Å². The minimum atomic E-state index is -0.400. The molecular weight excluding hydrogens is 459 g/mol. The molecular formula is C19H25IN4O3. The predicted molar refractivity (Wildman–Crippen MR) is 118 cm³/mol. The summed E-state index contributed by atoms with van der Waals surface area (Å²) in [5.41, 5.74) is 1.65. The Morgan fingerprint density at radius 1 is 1.15 bits per heavy atom. The Balaban J connectivity index is 0.00000364. The average molecular weight is 484 g/mol. The molecule has 2 aromatic carbocycles. The molecule has 0 aromatic heterocycles. The molecule has 0 saturated heterocycles. The SMILES string of the molecule is CCNC(=NCc1ccccc1[N+](=O)[O-])NCC(CO)c1ccccc1.I. The Hall–Kier alpha value is -2.20. The van der Waals surface area contributed by atoms with Gasteiger partial charge in [0.05, 0.1) is 23.6 Å². The number of halogens is 1. The van der Waals surface area contributed by atoms with Crippen LogP contribution in [0.5, 0.6) is 0 Å². The maximum atomic E-state index is 11.1. The summed E-state index contributed by atoms with van der Waals surface area (Å²) in [6.07, 6.45) is 0. The summed E-state index contributed by atoms with van der Waals surface area (Å²) < 4.78 is 0. The number of hydrogen-bond acceptors (Lipinski definition) is 4. The highest BCUT2D eigenvalue weighted by atomic mass is 127. The van der Waals surface area contributed by atoms with E-state index < -0.39 is 4.92 Å². The third-order valence-electron chi connectivity index (χ3n) is 3.95. The van der Waals surface area contributed by atoms with Crippen LogP contribution < -0.4 is 10.6 Å². The highest BCUT2D eigenvalue weighted by molar-refractivity contribution is 14.0. The second-order valence-corrected chi connectivity index (χ2v) is 5.75. The van der Waals surface area contributed by atoms with Crippen molar-refractivity contribution in [3.63, 3.8) is 0 Å². The molecule has 0 bridgehead atoms. The van der Waals surface area contributed by atoms with Gasteiger partial charge in [-0.1, -0.05) is 48.5 Å². The van der Waals surface area contributed by atoms with Crippen molar-refractivity contribution < 1.29 is 10.0 Å². The number of nitro groups is 1. The lowest BCUT2D eigenvalue weighted by atomic mass is 10.0. The van der Waals surface area contributed by atoms with Gasteiger partial charge in [0.1, 0.15) is 0 Å². The minimum absolute atomic E-state index is 0. The predicted octanol–water partition coefficient (Wildman–Crippen LogP) is 3.04. The highest BCUT2D eigenvalue weighted by Gasteiger charge is 2.13. The van der Waals surface area contributed by atoms with Crippen LogP contribution in [0.3, 0.4) is 0 Å². The second kappa shape index (κ2) is 12.2. The van der Waals surface area contributed by atoms with Crippen LogP contribution in [-0.2, 0) is 6.54 Å². The first kappa shape index (κ1) is 22.8. The Labute approximate surface area is 176 Å². The third-order valence-corrected chi connectivity index (χ3v) is 3.95. The average Bonchev–Trinajstić information content (AvgIpc) is 2.67. The normalized spacial score (nSPS) is 12.0. The van der Waals surface area contributed by atoms with Crippen LogP contribution in [0, 0.1) is 10.1 Å². The van der Waals surface area contributed by atoms with E-state index in [9.17, 15) is 15.2 Å². The molecule has 146 valence electrons. The molecule has 8 heteroatoms. The molecule has 0 aliphatic heterocycles. The zero-order valence-electron chi connectivity index (χ0n) is 15.2. The van der Waals surface area contributed by atoms with Crippen LogP contribution in [0.2, 0.25) is 0 Å². The molecule has 1 unspecified atom stereocenters. The van der Waals surface area contributed by atoms with Crippen molar-refractivity contribution in [1.29, 1.82) is 0 Å². The van der Waals surface area contributed by atoms with Gasteiger partial charge in [0, 0.05) is 25.1 Å². The molecule has 0 aliphatic carbocycles. The number of aliphatic hydroxyl groups excluding tert-OH is 1. The fourth-order valence-corrected chi connectivity index (χ4v) is 2.56. The highest BCUT2D eigenvalue weighted by Crippen LogP contribution is 2.18. The Morgan fingerprint density at radius 3 is 2.44 bits per heavy atom. The molecule has 2 aromatic rings. The van der Waals surface area contributed by atoms with Crippen molar-refractivity contribution >= 4 is 35.6 Å². The van der Waals surface area contributed by atoms with Gasteiger partial charge in [0.2, 0.25) is 0 Å². The van der Waals surface area contributed by atoms with Crippen LogP contribution >= 0.6 is 24.0 Å². The van der Waals surface area contributed by atoms with Gasteiger partial charge < -0.3 is 15.7 Å². The summed E-state index contributed by atoms with van der Waals surface area (Å²) >= 11 is 0. The Bertz CT molecular complexity index is 741. The van der Waals surface area contributed by atoms with Gasteiger partial charge in [-0.25, -0.2) is 4.99 Å². The van der Waals surface area contributed by atoms with Crippen LogP contribution in [0.1, 0.15) is 24.0 Å². The van der Waals surface area contributed by atoms with E-state index in [1.165, 1.54) is 6.07 Å². The minimum Gasteiger partial charge on any atom is -0.396 e. The molecule has 0 saturated carbocycles.